The standard InChI is InChI=1S/C8H16N2O2/c1-6(8(11)12)7(9)4-5-10(2)3/h4-5,9H2,1-3H3,(H,11,12). The number of carboxylic acids is 1. The monoisotopic (exact) mass is 172 g/mol. The summed E-state index contributed by atoms with van der Waals surface area (Å²) >= 11 is 0. The summed E-state index contributed by atoms with van der Waals surface area (Å²) in [4.78, 5) is 12.4. The molecule has 3 N–H and O–H groups in total. The number of rotatable bonds is 4. The highest BCUT2D eigenvalue weighted by Crippen LogP contribution is 2.02. The molecule has 4 heteroatoms. The van der Waals surface area contributed by atoms with Gasteiger partial charge >= 0.3 is 5.97 Å². The van der Waals surface area contributed by atoms with Crippen LogP contribution in [0, 0.1) is 0 Å². The summed E-state index contributed by atoms with van der Waals surface area (Å²) in [5, 5.41) is 8.57. The molecule has 0 aliphatic carbocycles. The summed E-state index contributed by atoms with van der Waals surface area (Å²) in [6, 6.07) is 0. The molecule has 0 aliphatic heterocycles. The van der Waals surface area contributed by atoms with Gasteiger partial charge in [-0.1, -0.05) is 0 Å². The Morgan fingerprint density at radius 3 is 2.33 bits per heavy atom. The molecule has 0 aromatic rings. The fourth-order valence-corrected chi connectivity index (χ4v) is 0.669. The van der Waals surface area contributed by atoms with Gasteiger partial charge < -0.3 is 15.7 Å². The van der Waals surface area contributed by atoms with Crippen molar-refractivity contribution in [1.82, 2.24) is 4.90 Å². The Bertz CT molecular complexity index is 197. The summed E-state index contributed by atoms with van der Waals surface area (Å²) in [7, 11) is 3.84. The van der Waals surface area contributed by atoms with E-state index in [1.165, 1.54) is 6.92 Å². The van der Waals surface area contributed by atoms with Crippen molar-refractivity contribution in [2.75, 3.05) is 20.6 Å². The van der Waals surface area contributed by atoms with Crippen LogP contribution in [0.2, 0.25) is 0 Å². The molecule has 0 atom stereocenters. The van der Waals surface area contributed by atoms with Crippen molar-refractivity contribution in [3.8, 4) is 0 Å². The molecule has 12 heavy (non-hydrogen) atoms. The smallest absolute Gasteiger partial charge is 0.333 e. The summed E-state index contributed by atoms with van der Waals surface area (Å²) in [5.74, 6) is -0.939. The van der Waals surface area contributed by atoms with Crippen LogP contribution in [0.25, 0.3) is 0 Å². The zero-order chi connectivity index (χ0) is 9.72. The second-order valence-electron chi connectivity index (χ2n) is 3.01. The van der Waals surface area contributed by atoms with Gasteiger partial charge in [0.15, 0.2) is 0 Å². The quantitative estimate of drug-likeness (QED) is 0.597. The van der Waals surface area contributed by atoms with Crippen molar-refractivity contribution in [2.24, 2.45) is 5.73 Å². The maximum atomic E-state index is 10.4. The van der Waals surface area contributed by atoms with Gasteiger partial charge in [-0.15, -0.1) is 0 Å². The van der Waals surface area contributed by atoms with E-state index in [-0.39, 0.29) is 5.57 Å². The van der Waals surface area contributed by atoms with Gasteiger partial charge in [-0.3, -0.25) is 0 Å². The van der Waals surface area contributed by atoms with E-state index in [9.17, 15) is 4.79 Å². The Hall–Kier alpha value is -1.03. The highest BCUT2D eigenvalue weighted by Gasteiger charge is 2.05. The van der Waals surface area contributed by atoms with Crippen LogP contribution in [0.1, 0.15) is 13.3 Å². The molecule has 0 fully saturated rings. The van der Waals surface area contributed by atoms with Crippen LogP contribution < -0.4 is 5.73 Å². The summed E-state index contributed by atoms with van der Waals surface area (Å²) in [6.07, 6.45) is 0.602. The highest BCUT2D eigenvalue weighted by atomic mass is 16.4. The van der Waals surface area contributed by atoms with E-state index in [2.05, 4.69) is 0 Å². The minimum Gasteiger partial charge on any atom is -0.478 e. The SMILES string of the molecule is CC(C(=O)O)=C(N)CCN(C)C. The van der Waals surface area contributed by atoms with Gasteiger partial charge in [0.1, 0.15) is 0 Å². The predicted molar refractivity (Wildman–Crippen MR) is 47.7 cm³/mol. The van der Waals surface area contributed by atoms with Crippen LogP contribution in [0.3, 0.4) is 0 Å². The fraction of sp³-hybridized carbons (Fsp3) is 0.625. The minimum absolute atomic E-state index is 0.247. The number of aliphatic carboxylic acids is 1. The van der Waals surface area contributed by atoms with E-state index >= 15 is 0 Å². The Morgan fingerprint density at radius 2 is 2.00 bits per heavy atom. The van der Waals surface area contributed by atoms with Crippen LogP contribution in [-0.2, 0) is 4.79 Å². The number of nitrogens with two attached hydrogens (primary N) is 1. The molecular formula is C8H16N2O2. The second kappa shape index (κ2) is 4.77. The van der Waals surface area contributed by atoms with Crippen molar-refractivity contribution in [1.29, 1.82) is 0 Å². The van der Waals surface area contributed by atoms with E-state index in [1.54, 1.807) is 0 Å². The number of hydrogen-bond donors (Lipinski definition) is 2. The van der Waals surface area contributed by atoms with E-state index < -0.39 is 5.97 Å². The predicted octanol–water partition coefficient (Wildman–Crippen LogP) is 0.255. The van der Waals surface area contributed by atoms with E-state index in [0.29, 0.717) is 12.1 Å². The van der Waals surface area contributed by atoms with Crippen LogP contribution in [0.5, 0.6) is 0 Å². The third kappa shape index (κ3) is 3.98. The molecule has 4 nitrogen and oxygen atoms in total. The molecular weight excluding hydrogens is 156 g/mol. The fourth-order valence-electron chi connectivity index (χ4n) is 0.669. The number of carbonyl (C=O) groups is 1. The molecule has 0 aromatic heterocycles. The Kier molecular flexibility index (Phi) is 4.36. The Balaban J connectivity index is 4.09. The van der Waals surface area contributed by atoms with Gasteiger partial charge in [-0.25, -0.2) is 4.79 Å². The van der Waals surface area contributed by atoms with E-state index in [4.69, 9.17) is 10.8 Å². The Labute approximate surface area is 72.7 Å². The zero-order valence-electron chi connectivity index (χ0n) is 7.79. The van der Waals surface area contributed by atoms with Crippen LogP contribution in [0.15, 0.2) is 11.3 Å². The molecule has 70 valence electrons. The van der Waals surface area contributed by atoms with Gasteiger partial charge in [0.25, 0.3) is 0 Å². The lowest BCUT2D eigenvalue weighted by Gasteiger charge is -2.09. The van der Waals surface area contributed by atoms with Gasteiger partial charge in [0.05, 0.1) is 5.57 Å². The molecule has 0 aliphatic rings. The Morgan fingerprint density at radius 1 is 1.50 bits per heavy atom. The topological polar surface area (TPSA) is 66.6 Å². The first-order valence-electron chi connectivity index (χ1n) is 3.78. The van der Waals surface area contributed by atoms with Crippen molar-refractivity contribution < 1.29 is 9.90 Å². The average Bonchev–Trinajstić information content (AvgIpc) is 1.98. The molecule has 0 aromatic carbocycles. The molecule has 0 bridgehead atoms. The van der Waals surface area contributed by atoms with Crippen molar-refractivity contribution >= 4 is 5.97 Å². The zero-order valence-corrected chi connectivity index (χ0v) is 7.79. The molecule has 0 unspecified atom stereocenters. The lowest BCUT2D eigenvalue weighted by molar-refractivity contribution is -0.132. The molecule has 0 spiro atoms. The first-order chi connectivity index (χ1) is 5.45. The van der Waals surface area contributed by atoms with Gasteiger partial charge in [0.2, 0.25) is 0 Å². The van der Waals surface area contributed by atoms with Crippen molar-refractivity contribution in [2.45, 2.75) is 13.3 Å². The molecule has 0 heterocycles. The van der Waals surface area contributed by atoms with Crippen LogP contribution in [0.4, 0.5) is 0 Å². The van der Waals surface area contributed by atoms with Gasteiger partial charge in [-0.05, 0) is 21.0 Å². The number of nitrogens with zero attached hydrogens (tertiary/aromatic N) is 1. The molecule has 0 rings (SSSR count). The van der Waals surface area contributed by atoms with E-state index in [0.717, 1.165) is 6.54 Å². The minimum atomic E-state index is -0.939. The van der Waals surface area contributed by atoms with Gasteiger partial charge in [0, 0.05) is 18.7 Å². The third-order valence-electron chi connectivity index (χ3n) is 1.63. The molecule has 0 radical (unpaired) electrons. The first-order valence-corrected chi connectivity index (χ1v) is 3.78. The lowest BCUT2D eigenvalue weighted by Crippen LogP contribution is -2.17. The van der Waals surface area contributed by atoms with Crippen LogP contribution in [-0.4, -0.2) is 36.6 Å². The number of carboxylic acid groups (broad SMARTS) is 1. The van der Waals surface area contributed by atoms with Crippen LogP contribution >= 0.6 is 0 Å². The molecule has 0 amide bonds. The highest BCUT2D eigenvalue weighted by molar-refractivity contribution is 5.86. The summed E-state index contributed by atoms with van der Waals surface area (Å²) < 4.78 is 0. The number of hydrogen-bond acceptors (Lipinski definition) is 3. The summed E-state index contributed by atoms with van der Waals surface area (Å²) in [6.45, 7) is 2.30. The third-order valence-corrected chi connectivity index (χ3v) is 1.63. The van der Waals surface area contributed by atoms with Crippen molar-refractivity contribution in [3.63, 3.8) is 0 Å². The first kappa shape index (κ1) is 11.0. The molecule has 0 saturated heterocycles. The lowest BCUT2D eigenvalue weighted by atomic mass is 10.2. The maximum Gasteiger partial charge on any atom is 0.333 e. The van der Waals surface area contributed by atoms with E-state index in [1.807, 2.05) is 19.0 Å². The maximum absolute atomic E-state index is 10.4. The summed E-state index contributed by atoms with van der Waals surface area (Å²) in [5.41, 5.74) is 6.24. The average molecular weight is 172 g/mol. The largest absolute Gasteiger partial charge is 0.478 e. The normalized spacial score (nSPS) is 13.0. The van der Waals surface area contributed by atoms with Crippen molar-refractivity contribution in [3.05, 3.63) is 11.3 Å². The van der Waals surface area contributed by atoms with Gasteiger partial charge in [-0.2, -0.15) is 0 Å². The second-order valence-corrected chi connectivity index (χ2v) is 3.01. The molecule has 0 saturated carbocycles.